The molecule has 4 heteroatoms. The summed E-state index contributed by atoms with van der Waals surface area (Å²) in [5.74, 6) is 0. The number of piperidine rings is 1. The van der Waals surface area contributed by atoms with E-state index in [2.05, 4.69) is 68.9 Å². The number of rotatable bonds is 4. The minimum absolute atomic E-state index is 0.657. The van der Waals surface area contributed by atoms with Crippen molar-refractivity contribution in [3.05, 3.63) is 28.8 Å². The maximum absolute atomic E-state index is 5.69. The second kappa shape index (κ2) is 8.30. The molecule has 1 aromatic rings. The molecule has 2 rings (SSSR count). The Bertz CT molecular complexity index is 553. The van der Waals surface area contributed by atoms with E-state index in [1.54, 1.807) is 0 Å². The van der Waals surface area contributed by atoms with Gasteiger partial charge >= 0.3 is 0 Å². The number of thiocarbonyl (C=S) groups is 1. The molecule has 3 nitrogen and oxygen atoms in total. The normalized spacial score (nSPS) is 17.2. The van der Waals surface area contributed by atoms with Gasteiger partial charge in [-0.15, -0.1) is 0 Å². The number of aryl methyl sites for hydroxylation is 3. The molecule has 0 aliphatic carbocycles. The molecule has 1 aliphatic heterocycles. The summed E-state index contributed by atoms with van der Waals surface area (Å²) in [5.41, 5.74) is 5.00. The highest BCUT2D eigenvalue weighted by molar-refractivity contribution is 7.80. The highest BCUT2D eigenvalue weighted by Crippen LogP contribution is 2.24. The average Bonchev–Trinajstić information content (AvgIpc) is 2.56. The van der Waals surface area contributed by atoms with Crippen LogP contribution in [0.3, 0.4) is 0 Å². The van der Waals surface area contributed by atoms with Crippen molar-refractivity contribution >= 4 is 23.0 Å². The fourth-order valence-electron chi connectivity index (χ4n) is 3.69. The van der Waals surface area contributed by atoms with Gasteiger partial charge in [-0.2, -0.15) is 0 Å². The first-order valence-electron chi connectivity index (χ1n) is 9.19. The van der Waals surface area contributed by atoms with Gasteiger partial charge in [0.05, 0.1) is 0 Å². The summed E-state index contributed by atoms with van der Waals surface area (Å²) in [6.45, 7) is 13.1. The first-order chi connectivity index (χ1) is 11.3. The standard InChI is InChI=1S/C20H33N3S/c1-7-17(5)22(6)18-8-10-23(11-9-18)20(24)21-19-15(3)12-14(2)13-16(19)4/h12-13,17-18H,7-11H2,1-6H3,(H,21,24)/t17-/m0/s1. The lowest BCUT2D eigenvalue weighted by atomic mass is 10.0. The lowest BCUT2D eigenvalue weighted by Gasteiger charge is -2.40. The predicted molar refractivity (Wildman–Crippen MR) is 109 cm³/mol. The van der Waals surface area contributed by atoms with Crippen LogP contribution in [0.15, 0.2) is 12.1 Å². The molecule has 1 aliphatic rings. The summed E-state index contributed by atoms with van der Waals surface area (Å²) in [6.07, 6.45) is 3.59. The van der Waals surface area contributed by atoms with Crippen LogP contribution in [0.4, 0.5) is 5.69 Å². The lowest BCUT2D eigenvalue weighted by Crippen LogP contribution is -2.48. The molecular weight excluding hydrogens is 314 g/mol. The summed E-state index contributed by atoms with van der Waals surface area (Å²) in [6, 6.07) is 5.77. The topological polar surface area (TPSA) is 18.5 Å². The van der Waals surface area contributed by atoms with E-state index in [-0.39, 0.29) is 0 Å². The molecule has 0 radical (unpaired) electrons. The van der Waals surface area contributed by atoms with E-state index in [1.807, 2.05) is 0 Å². The Balaban J connectivity index is 1.94. The number of anilines is 1. The Morgan fingerprint density at radius 3 is 2.29 bits per heavy atom. The first-order valence-corrected chi connectivity index (χ1v) is 9.60. The third-order valence-electron chi connectivity index (χ3n) is 5.52. The maximum Gasteiger partial charge on any atom is 0.173 e. The van der Waals surface area contributed by atoms with Gasteiger partial charge in [-0.3, -0.25) is 0 Å². The van der Waals surface area contributed by atoms with Crippen molar-refractivity contribution in [1.29, 1.82) is 0 Å². The predicted octanol–water partition coefficient (Wildman–Crippen LogP) is 4.50. The average molecular weight is 348 g/mol. The van der Waals surface area contributed by atoms with Crippen molar-refractivity contribution in [2.45, 2.75) is 66.0 Å². The zero-order valence-corrected chi connectivity index (χ0v) is 17.0. The van der Waals surface area contributed by atoms with Crippen molar-refractivity contribution in [2.24, 2.45) is 0 Å². The number of hydrogen-bond donors (Lipinski definition) is 1. The first kappa shape index (κ1) is 19.2. The second-order valence-corrected chi connectivity index (χ2v) is 7.73. The van der Waals surface area contributed by atoms with Crippen LogP contribution in [0.1, 0.15) is 49.8 Å². The molecule has 0 spiro atoms. The fraction of sp³-hybridized carbons (Fsp3) is 0.650. The van der Waals surface area contributed by atoms with Crippen molar-refractivity contribution in [3.63, 3.8) is 0 Å². The quantitative estimate of drug-likeness (QED) is 0.808. The van der Waals surface area contributed by atoms with Crippen LogP contribution in [-0.4, -0.2) is 47.1 Å². The summed E-state index contributed by atoms with van der Waals surface area (Å²) < 4.78 is 0. The van der Waals surface area contributed by atoms with Gasteiger partial charge in [-0.05, 0) is 77.3 Å². The Morgan fingerprint density at radius 2 is 1.79 bits per heavy atom. The number of nitrogens with zero attached hydrogens (tertiary/aromatic N) is 2. The number of hydrogen-bond acceptors (Lipinski definition) is 2. The van der Waals surface area contributed by atoms with E-state index in [4.69, 9.17) is 12.2 Å². The van der Waals surface area contributed by atoms with Crippen molar-refractivity contribution < 1.29 is 0 Å². The number of likely N-dealkylation sites (tertiary alicyclic amines) is 1. The molecule has 1 N–H and O–H groups in total. The monoisotopic (exact) mass is 347 g/mol. The molecule has 1 fully saturated rings. The van der Waals surface area contributed by atoms with Crippen molar-refractivity contribution in [2.75, 3.05) is 25.5 Å². The molecule has 1 saturated heterocycles. The number of benzene rings is 1. The largest absolute Gasteiger partial charge is 0.349 e. The highest BCUT2D eigenvalue weighted by Gasteiger charge is 2.25. The molecule has 134 valence electrons. The van der Waals surface area contributed by atoms with Crippen molar-refractivity contribution in [3.8, 4) is 0 Å². The van der Waals surface area contributed by atoms with Crippen LogP contribution in [-0.2, 0) is 0 Å². The zero-order chi connectivity index (χ0) is 17.9. The van der Waals surface area contributed by atoms with Gasteiger partial charge in [0.1, 0.15) is 0 Å². The van der Waals surface area contributed by atoms with Gasteiger partial charge in [-0.25, -0.2) is 0 Å². The zero-order valence-electron chi connectivity index (χ0n) is 16.1. The molecule has 24 heavy (non-hydrogen) atoms. The minimum atomic E-state index is 0.657. The molecule has 1 atom stereocenters. The van der Waals surface area contributed by atoms with Crippen LogP contribution in [0.25, 0.3) is 0 Å². The summed E-state index contributed by atoms with van der Waals surface area (Å²) in [7, 11) is 2.27. The van der Waals surface area contributed by atoms with E-state index < -0.39 is 0 Å². The van der Waals surface area contributed by atoms with Crippen LogP contribution >= 0.6 is 12.2 Å². The second-order valence-electron chi connectivity index (χ2n) is 7.34. The molecule has 0 aromatic heterocycles. The lowest BCUT2D eigenvalue weighted by molar-refractivity contribution is 0.126. The molecule has 0 amide bonds. The SMILES string of the molecule is CC[C@H](C)N(C)C1CCN(C(=S)Nc2c(C)cc(C)cc2C)CC1. The Labute approximate surface area is 153 Å². The Morgan fingerprint density at radius 1 is 1.25 bits per heavy atom. The third-order valence-corrected chi connectivity index (χ3v) is 5.88. The summed E-state index contributed by atoms with van der Waals surface area (Å²) >= 11 is 5.69. The summed E-state index contributed by atoms with van der Waals surface area (Å²) in [4.78, 5) is 4.87. The van der Waals surface area contributed by atoms with E-state index in [0.29, 0.717) is 12.1 Å². The molecule has 1 heterocycles. The Kier molecular flexibility index (Phi) is 6.64. The number of nitrogens with one attached hydrogen (secondary N) is 1. The van der Waals surface area contributed by atoms with Gasteiger partial charge in [0.15, 0.2) is 5.11 Å². The molecule has 0 unspecified atom stereocenters. The summed E-state index contributed by atoms with van der Waals surface area (Å²) in [5, 5.41) is 4.37. The van der Waals surface area contributed by atoms with Crippen LogP contribution in [0, 0.1) is 20.8 Å². The van der Waals surface area contributed by atoms with Crippen molar-refractivity contribution in [1.82, 2.24) is 9.80 Å². The molecule has 0 saturated carbocycles. The smallest absolute Gasteiger partial charge is 0.173 e. The fourth-order valence-corrected chi connectivity index (χ4v) is 3.97. The molecule has 0 bridgehead atoms. The van der Waals surface area contributed by atoms with E-state index in [0.717, 1.165) is 18.2 Å². The Hall–Kier alpha value is -1.13. The van der Waals surface area contributed by atoms with Crippen LogP contribution in [0.2, 0.25) is 0 Å². The van der Waals surface area contributed by atoms with Gasteiger partial charge in [0.25, 0.3) is 0 Å². The highest BCUT2D eigenvalue weighted by atomic mass is 32.1. The van der Waals surface area contributed by atoms with Gasteiger partial charge < -0.3 is 15.1 Å². The van der Waals surface area contributed by atoms with E-state index >= 15 is 0 Å². The van der Waals surface area contributed by atoms with Gasteiger partial charge in [0.2, 0.25) is 0 Å². The van der Waals surface area contributed by atoms with E-state index in [9.17, 15) is 0 Å². The minimum Gasteiger partial charge on any atom is -0.349 e. The maximum atomic E-state index is 5.69. The van der Waals surface area contributed by atoms with E-state index in [1.165, 1.54) is 41.6 Å². The van der Waals surface area contributed by atoms with Gasteiger partial charge in [-0.1, -0.05) is 24.6 Å². The molecule has 1 aromatic carbocycles. The van der Waals surface area contributed by atoms with Crippen LogP contribution in [0.5, 0.6) is 0 Å². The molecular formula is C20H33N3S. The van der Waals surface area contributed by atoms with Crippen LogP contribution < -0.4 is 5.32 Å². The third kappa shape index (κ3) is 4.48. The van der Waals surface area contributed by atoms with Gasteiger partial charge in [0, 0.05) is 30.9 Å².